The third-order valence-corrected chi connectivity index (χ3v) is 2.83. The number of aromatic nitrogens is 1. The van der Waals surface area contributed by atoms with Crippen LogP contribution in [0.2, 0.25) is 5.02 Å². The van der Waals surface area contributed by atoms with E-state index in [4.69, 9.17) is 16.3 Å². The van der Waals surface area contributed by atoms with Gasteiger partial charge < -0.3 is 10.1 Å². The predicted octanol–water partition coefficient (Wildman–Crippen LogP) is 2.55. The molecule has 0 aliphatic heterocycles. The first-order chi connectivity index (χ1) is 10.3. The normalized spacial score (nSPS) is 9.38. The molecule has 5 heteroatoms. The number of carbonyl (C=O) groups is 1. The minimum absolute atomic E-state index is 0.204. The Bertz CT molecular complexity index is 663. The number of hydrogen-bond donors (Lipinski definition) is 1. The van der Waals surface area contributed by atoms with Gasteiger partial charge >= 0.3 is 0 Å². The summed E-state index contributed by atoms with van der Waals surface area (Å²) < 4.78 is 5.40. The van der Waals surface area contributed by atoms with Crippen LogP contribution >= 0.6 is 11.6 Å². The zero-order chi connectivity index (χ0) is 14.9. The number of rotatable bonds is 4. The summed E-state index contributed by atoms with van der Waals surface area (Å²) in [7, 11) is 0. The first-order valence-corrected chi connectivity index (χ1v) is 6.66. The van der Waals surface area contributed by atoms with Crippen LogP contribution < -0.4 is 10.1 Å². The number of pyridine rings is 1. The first kappa shape index (κ1) is 14.9. The van der Waals surface area contributed by atoms with Crippen LogP contribution in [0.4, 0.5) is 0 Å². The maximum atomic E-state index is 11.7. The minimum atomic E-state index is -0.204. The molecule has 0 saturated heterocycles. The van der Waals surface area contributed by atoms with Gasteiger partial charge in [-0.2, -0.15) is 0 Å². The monoisotopic (exact) mass is 300 g/mol. The second-order valence-electron chi connectivity index (χ2n) is 4.00. The van der Waals surface area contributed by atoms with E-state index in [1.54, 1.807) is 30.5 Å². The van der Waals surface area contributed by atoms with Crippen LogP contribution in [-0.2, 0) is 0 Å². The molecule has 4 nitrogen and oxygen atoms in total. The van der Waals surface area contributed by atoms with Crippen molar-refractivity contribution in [2.45, 2.75) is 0 Å². The van der Waals surface area contributed by atoms with Gasteiger partial charge in [0.25, 0.3) is 5.91 Å². The highest BCUT2D eigenvalue weighted by atomic mass is 35.5. The molecule has 1 heterocycles. The van der Waals surface area contributed by atoms with Gasteiger partial charge in [-0.25, -0.2) is 0 Å². The van der Waals surface area contributed by atoms with E-state index in [0.29, 0.717) is 16.3 Å². The summed E-state index contributed by atoms with van der Waals surface area (Å²) in [4.78, 5) is 15.6. The minimum Gasteiger partial charge on any atom is -0.479 e. The van der Waals surface area contributed by atoms with Gasteiger partial charge in [-0.05, 0) is 24.3 Å². The topological polar surface area (TPSA) is 51.2 Å². The van der Waals surface area contributed by atoms with Crippen molar-refractivity contribution in [3.63, 3.8) is 0 Å². The number of hydrogen-bond acceptors (Lipinski definition) is 3. The van der Waals surface area contributed by atoms with Gasteiger partial charge in [0, 0.05) is 12.4 Å². The fraction of sp³-hybridized carbons (Fsp3) is 0.125. The number of para-hydroxylation sites is 1. The summed E-state index contributed by atoms with van der Waals surface area (Å²) in [5.41, 5.74) is 0.506. The van der Waals surface area contributed by atoms with E-state index >= 15 is 0 Å². The van der Waals surface area contributed by atoms with E-state index < -0.39 is 0 Å². The molecule has 0 unspecified atom stereocenters. The Morgan fingerprint density at radius 3 is 2.86 bits per heavy atom. The Labute approximate surface area is 128 Å². The van der Waals surface area contributed by atoms with E-state index in [1.807, 2.05) is 12.1 Å². The summed E-state index contributed by atoms with van der Waals surface area (Å²) in [5.74, 6) is 6.00. The second-order valence-corrected chi connectivity index (χ2v) is 4.40. The van der Waals surface area contributed by atoms with Crippen LogP contribution in [0.15, 0.2) is 48.8 Å². The largest absolute Gasteiger partial charge is 0.479 e. The van der Waals surface area contributed by atoms with Crippen LogP contribution in [0.1, 0.15) is 10.4 Å². The number of benzene rings is 1. The van der Waals surface area contributed by atoms with Crippen molar-refractivity contribution >= 4 is 17.5 Å². The predicted molar refractivity (Wildman–Crippen MR) is 81.3 cm³/mol. The maximum Gasteiger partial charge on any atom is 0.253 e. The lowest BCUT2D eigenvalue weighted by Gasteiger charge is -2.03. The first-order valence-electron chi connectivity index (χ1n) is 6.28. The molecule has 0 aliphatic carbocycles. The van der Waals surface area contributed by atoms with E-state index in [-0.39, 0.29) is 19.1 Å². The lowest BCUT2D eigenvalue weighted by molar-refractivity contribution is 0.0958. The zero-order valence-corrected chi connectivity index (χ0v) is 11.9. The Morgan fingerprint density at radius 1 is 1.24 bits per heavy atom. The summed E-state index contributed by atoms with van der Waals surface area (Å²) in [6.45, 7) is 0.464. The van der Waals surface area contributed by atoms with Crippen LogP contribution in [0.3, 0.4) is 0 Å². The lowest BCUT2D eigenvalue weighted by Crippen LogP contribution is -2.23. The summed E-state index contributed by atoms with van der Waals surface area (Å²) in [6, 6.07) is 10.6. The van der Waals surface area contributed by atoms with Gasteiger partial charge in [0.15, 0.2) is 0 Å². The van der Waals surface area contributed by atoms with Crippen LogP contribution in [0.25, 0.3) is 0 Å². The van der Waals surface area contributed by atoms with E-state index in [0.717, 1.165) is 0 Å². The van der Waals surface area contributed by atoms with E-state index in [2.05, 4.69) is 22.1 Å². The highest BCUT2D eigenvalue weighted by Crippen LogP contribution is 2.22. The summed E-state index contributed by atoms with van der Waals surface area (Å²) in [6.07, 6.45) is 3.12. The average Bonchev–Trinajstić information content (AvgIpc) is 2.53. The molecule has 0 bridgehead atoms. The van der Waals surface area contributed by atoms with Crippen molar-refractivity contribution in [1.82, 2.24) is 10.3 Å². The fourth-order valence-electron chi connectivity index (χ4n) is 1.51. The Balaban J connectivity index is 1.73. The third kappa shape index (κ3) is 4.83. The SMILES string of the molecule is O=C(NCC#CCOc1ccccc1Cl)c1cccnc1. The highest BCUT2D eigenvalue weighted by molar-refractivity contribution is 6.32. The Kier molecular flexibility index (Phi) is 5.62. The molecule has 1 N–H and O–H groups in total. The third-order valence-electron chi connectivity index (χ3n) is 2.52. The number of carbonyl (C=O) groups excluding carboxylic acids is 1. The molecule has 106 valence electrons. The maximum absolute atomic E-state index is 11.7. The summed E-state index contributed by atoms with van der Waals surface area (Å²) >= 11 is 5.94. The molecule has 21 heavy (non-hydrogen) atoms. The van der Waals surface area contributed by atoms with E-state index in [1.165, 1.54) is 6.20 Å². The van der Waals surface area contributed by atoms with Gasteiger partial charge in [-0.15, -0.1) is 0 Å². The van der Waals surface area contributed by atoms with Crippen molar-refractivity contribution < 1.29 is 9.53 Å². The molecule has 1 amide bonds. The lowest BCUT2D eigenvalue weighted by atomic mass is 10.3. The number of nitrogens with one attached hydrogen (secondary N) is 1. The molecule has 1 aromatic heterocycles. The van der Waals surface area contributed by atoms with Gasteiger partial charge in [0.05, 0.1) is 17.1 Å². The van der Waals surface area contributed by atoms with Gasteiger partial charge in [-0.1, -0.05) is 35.6 Å². The number of amides is 1. The van der Waals surface area contributed by atoms with Crippen molar-refractivity contribution in [1.29, 1.82) is 0 Å². The van der Waals surface area contributed by atoms with Gasteiger partial charge in [0.2, 0.25) is 0 Å². The van der Waals surface area contributed by atoms with Gasteiger partial charge in [-0.3, -0.25) is 9.78 Å². The Hall–Kier alpha value is -2.51. The number of ether oxygens (including phenoxy) is 1. The standard InChI is InChI=1S/C16H13ClN2O2/c17-14-7-1-2-8-15(14)21-11-4-3-10-19-16(20)13-6-5-9-18-12-13/h1-2,5-9,12H,10-11H2,(H,19,20). The molecule has 2 rings (SSSR count). The van der Waals surface area contributed by atoms with Crippen molar-refractivity contribution in [3.8, 4) is 17.6 Å². The summed E-state index contributed by atoms with van der Waals surface area (Å²) in [5, 5.41) is 3.22. The molecule has 0 radical (unpaired) electrons. The van der Waals surface area contributed by atoms with Crippen LogP contribution in [-0.4, -0.2) is 24.0 Å². The highest BCUT2D eigenvalue weighted by Gasteiger charge is 2.02. The molecule has 0 spiro atoms. The molecular weight excluding hydrogens is 288 g/mol. The second kappa shape index (κ2) is 7.93. The molecule has 1 aromatic carbocycles. The Morgan fingerprint density at radius 2 is 2.10 bits per heavy atom. The molecule has 0 fully saturated rings. The average molecular weight is 301 g/mol. The van der Waals surface area contributed by atoms with Crippen LogP contribution in [0.5, 0.6) is 5.75 Å². The van der Waals surface area contributed by atoms with Crippen molar-refractivity contribution in [2.24, 2.45) is 0 Å². The van der Waals surface area contributed by atoms with Crippen molar-refractivity contribution in [2.75, 3.05) is 13.2 Å². The smallest absolute Gasteiger partial charge is 0.253 e. The molecule has 0 atom stereocenters. The molecule has 2 aromatic rings. The zero-order valence-electron chi connectivity index (χ0n) is 11.2. The van der Waals surface area contributed by atoms with E-state index in [9.17, 15) is 4.79 Å². The van der Waals surface area contributed by atoms with Gasteiger partial charge in [0.1, 0.15) is 12.4 Å². The number of halogens is 1. The molecule has 0 saturated carbocycles. The molecule has 0 aliphatic rings. The molecular formula is C16H13ClN2O2. The van der Waals surface area contributed by atoms with Crippen molar-refractivity contribution in [3.05, 3.63) is 59.4 Å². The number of nitrogens with zero attached hydrogens (tertiary/aromatic N) is 1. The fourth-order valence-corrected chi connectivity index (χ4v) is 1.70. The van der Waals surface area contributed by atoms with Crippen LogP contribution in [0, 0.1) is 11.8 Å². The quantitative estimate of drug-likeness (QED) is 0.883.